The van der Waals surface area contributed by atoms with Crippen molar-refractivity contribution in [3.63, 3.8) is 0 Å². The summed E-state index contributed by atoms with van der Waals surface area (Å²) in [6, 6.07) is 6.60. The average molecular weight is 333 g/mol. The fourth-order valence-corrected chi connectivity index (χ4v) is 4.79. The topological polar surface area (TPSA) is 101 Å². The number of hydrogen-bond acceptors (Lipinski definition) is 5. The molecule has 1 heterocycles. The van der Waals surface area contributed by atoms with E-state index in [0.717, 1.165) is 6.26 Å². The molecule has 0 unspecified atom stereocenters. The van der Waals surface area contributed by atoms with Crippen LogP contribution in [-0.2, 0) is 26.6 Å². The van der Waals surface area contributed by atoms with Crippen LogP contribution in [0.1, 0.15) is 5.56 Å². The summed E-state index contributed by atoms with van der Waals surface area (Å²) >= 11 is 0. The molecule has 1 aromatic rings. The zero-order chi connectivity index (χ0) is 15.7. The van der Waals surface area contributed by atoms with Gasteiger partial charge in [-0.1, -0.05) is 18.2 Å². The van der Waals surface area contributed by atoms with Crippen molar-refractivity contribution in [2.45, 2.75) is 11.4 Å². The maximum Gasteiger partial charge on any atom is 0.243 e. The van der Waals surface area contributed by atoms with Crippen LogP contribution in [0.5, 0.6) is 0 Å². The number of nitrogens with two attached hydrogens (primary N) is 1. The van der Waals surface area contributed by atoms with E-state index in [1.165, 1.54) is 14.7 Å². The Labute approximate surface area is 125 Å². The third-order valence-corrected chi connectivity index (χ3v) is 6.78. The number of nitrogens with zero attached hydrogens (tertiary/aromatic N) is 2. The molecule has 118 valence electrons. The molecule has 0 aromatic heterocycles. The second kappa shape index (κ2) is 6.01. The fraction of sp³-hybridized carbons (Fsp3) is 0.500. The Morgan fingerprint density at radius 3 is 2.05 bits per heavy atom. The number of hydrogen-bond donors (Lipinski definition) is 1. The summed E-state index contributed by atoms with van der Waals surface area (Å²) in [5, 5.41) is 0. The van der Waals surface area contributed by atoms with Crippen LogP contribution < -0.4 is 5.73 Å². The maximum absolute atomic E-state index is 12.6. The summed E-state index contributed by atoms with van der Waals surface area (Å²) in [4.78, 5) is 0.195. The Balaban J connectivity index is 2.23. The highest BCUT2D eigenvalue weighted by atomic mass is 32.2. The largest absolute Gasteiger partial charge is 0.326 e. The molecule has 1 aliphatic heterocycles. The molecular formula is C12H19N3O4S2. The minimum atomic E-state index is -3.64. The molecule has 1 fully saturated rings. The summed E-state index contributed by atoms with van der Waals surface area (Å²) in [5.74, 6) is 0. The van der Waals surface area contributed by atoms with Crippen LogP contribution in [0.25, 0.3) is 0 Å². The van der Waals surface area contributed by atoms with Gasteiger partial charge in [-0.05, 0) is 11.6 Å². The lowest BCUT2D eigenvalue weighted by molar-refractivity contribution is 0.274. The van der Waals surface area contributed by atoms with Crippen LogP contribution in [0, 0.1) is 0 Å². The molecular weight excluding hydrogens is 314 g/mol. The lowest BCUT2D eigenvalue weighted by atomic mass is 10.2. The first-order chi connectivity index (χ1) is 9.76. The number of sulfonamides is 2. The summed E-state index contributed by atoms with van der Waals surface area (Å²) in [5.41, 5.74) is 6.14. The molecule has 2 N–H and O–H groups in total. The standard InChI is InChI=1S/C12H19N3O4S2/c1-20(16,17)14-6-8-15(9-7-14)21(18,19)12-5-3-2-4-11(12)10-13/h2-5H,6-10,13H2,1H3. The van der Waals surface area contributed by atoms with Crippen molar-refractivity contribution in [3.8, 4) is 0 Å². The zero-order valence-electron chi connectivity index (χ0n) is 11.8. The van der Waals surface area contributed by atoms with E-state index in [1.807, 2.05) is 0 Å². The van der Waals surface area contributed by atoms with Crippen LogP contribution in [0.2, 0.25) is 0 Å². The number of piperazine rings is 1. The highest BCUT2D eigenvalue weighted by molar-refractivity contribution is 7.89. The van der Waals surface area contributed by atoms with Crippen LogP contribution >= 0.6 is 0 Å². The van der Waals surface area contributed by atoms with Crippen LogP contribution in [-0.4, -0.2) is 57.9 Å². The van der Waals surface area contributed by atoms with E-state index in [-0.39, 0.29) is 37.6 Å². The summed E-state index contributed by atoms with van der Waals surface area (Å²) in [6.45, 7) is 0.771. The molecule has 0 atom stereocenters. The molecule has 0 saturated carbocycles. The van der Waals surface area contributed by atoms with E-state index >= 15 is 0 Å². The zero-order valence-corrected chi connectivity index (χ0v) is 13.4. The normalized spacial score (nSPS) is 18.8. The highest BCUT2D eigenvalue weighted by Gasteiger charge is 2.32. The first-order valence-corrected chi connectivity index (χ1v) is 9.79. The lowest BCUT2D eigenvalue weighted by Gasteiger charge is -2.32. The maximum atomic E-state index is 12.6. The molecule has 0 amide bonds. The van der Waals surface area contributed by atoms with E-state index < -0.39 is 20.0 Å². The Kier molecular flexibility index (Phi) is 4.69. The molecule has 0 bridgehead atoms. The van der Waals surface area contributed by atoms with Gasteiger partial charge in [0, 0.05) is 32.7 Å². The van der Waals surface area contributed by atoms with Crippen molar-refractivity contribution >= 4 is 20.0 Å². The first-order valence-electron chi connectivity index (χ1n) is 6.50. The van der Waals surface area contributed by atoms with Crippen molar-refractivity contribution in [2.24, 2.45) is 5.73 Å². The highest BCUT2D eigenvalue weighted by Crippen LogP contribution is 2.21. The van der Waals surface area contributed by atoms with E-state index in [9.17, 15) is 16.8 Å². The van der Waals surface area contributed by atoms with Gasteiger partial charge in [0.15, 0.2) is 0 Å². The van der Waals surface area contributed by atoms with Gasteiger partial charge >= 0.3 is 0 Å². The van der Waals surface area contributed by atoms with Gasteiger partial charge in [0.25, 0.3) is 0 Å². The molecule has 21 heavy (non-hydrogen) atoms. The molecule has 9 heteroatoms. The number of rotatable bonds is 4. The van der Waals surface area contributed by atoms with Crippen molar-refractivity contribution in [2.75, 3.05) is 32.4 Å². The Morgan fingerprint density at radius 1 is 1.00 bits per heavy atom. The second-order valence-corrected chi connectivity index (χ2v) is 8.77. The van der Waals surface area contributed by atoms with E-state index in [4.69, 9.17) is 5.73 Å². The molecule has 2 rings (SSSR count). The molecule has 1 saturated heterocycles. The Hall–Kier alpha value is -1.00. The third-order valence-electron chi connectivity index (χ3n) is 3.48. The Bertz CT molecular complexity index is 708. The molecule has 0 radical (unpaired) electrons. The Morgan fingerprint density at radius 2 is 1.52 bits per heavy atom. The van der Waals surface area contributed by atoms with Crippen LogP contribution in [0.3, 0.4) is 0 Å². The summed E-state index contributed by atoms with van der Waals surface area (Å²) < 4.78 is 50.8. The predicted octanol–water partition coefficient (Wildman–Crippen LogP) is -0.589. The summed E-state index contributed by atoms with van der Waals surface area (Å²) in [7, 11) is -6.92. The number of benzene rings is 1. The van der Waals surface area contributed by atoms with E-state index in [0.29, 0.717) is 5.56 Å². The van der Waals surface area contributed by atoms with Crippen molar-refractivity contribution in [1.82, 2.24) is 8.61 Å². The molecule has 0 aliphatic carbocycles. The second-order valence-electron chi connectivity index (χ2n) is 4.88. The monoisotopic (exact) mass is 333 g/mol. The van der Waals surface area contributed by atoms with Gasteiger partial charge in [-0.3, -0.25) is 0 Å². The van der Waals surface area contributed by atoms with Crippen molar-refractivity contribution in [3.05, 3.63) is 29.8 Å². The van der Waals surface area contributed by atoms with Crippen LogP contribution in [0.4, 0.5) is 0 Å². The molecule has 7 nitrogen and oxygen atoms in total. The SMILES string of the molecule is CS(=O)(=O)N1CCN(S(=O)(=O)c2ccccc2CN)CC1. The average Bonchev–Trinajstić information content (AvgIpc) is 2.46. The quantitative estimate of drug-likeness (QED) is 0.794. The first kappa shape index (κ1) is 16.4. The predicted molar refractivity (Wildman–Crippen MR) is 79.5 cm³/mol. The van der Waals surface area contributed by atoms with Gasteiger partial charge in [-0.15, -0.1) is 0 Å². The van der Waals surface area contributed by atoms with Gasteiger partial charge in [-0.2, -0.15) is 8.61 Å². The molecule has 1 aliphatic rings. The van der Waals surface area contributed by atoms with Gasteiger partial charge < -0.3 is 5.73 Å². The third kappa shape index (κ3) is 3.43. The van der Waals surface area contributed by atoms with E-state index in [2.05, 4.69) is 0 Å². The van der Waals surface area contributed by atoms with Crippen LogP contribution in [0.15, 0.2) is 29.2 Å². The minimum absolute atomic E-state index is 0.138. The fourth-order valence-electron chi connectivity index (χ4n) is 2.30. The van der Waals surface area contributed by atoms with Crippen molar-refractivity contribution < 1.29 is 16.8 Å². The molecule has 1 aromatic carbocycles. The summed E-state index contributed by atoms with van der Waals surface area (Å²) in [6.07, 6.45) is 1.13. The lowest BCUT2D eigenvalue weighted by Crippen LogP contribution is -2.50. The van der Waals surface area contributed by atoms with Gasteiger partial charge in [0.05, 0.1) is 11.2 Å². The van der Waals surface area contributed by atoms with E-state index in [1.54, 1.807) is 18.2 Å². The van der Waals surface area contributed by atoms with Crippen molar-refractivity contribution in [1.29, 1.82) is 0 Å². The van der Waals surface area contributed by atoms with Gasteiger partial charge in [-0.25, -0.2) is 16.8 Å². The van der Waals surface area contributed by atoms with Gasteiger partial charge in [0.1, 0.15) is 0 Å². The minimum Gasteiger partial charge on any atom is -0.326 e. The van der Waals surface area contributed by atoms with Gasteiger partial charge in [0.2, 0.25) is 20.0 Å². The smallest absolute Gasteiger partial charge is 0.243 e. The molecule has 0 spiro atoms.